The number of ether oxygens (including phenoxy) is 1. The van der Waals surface area contributed by atoms with Crippen molar-refractivity contribution in [1.29, 1.82) is 0 Å². The van der Waals surface area contributed by atoms with Crippen molar-refractivity contribution >= 4 is 11.8 Å². The van der Waals surface area contributed by atoms with E-state index in [1.807, 2.05) is 12.1 Å². The summed E-state index contributed by atoms with van der Waals surface area (Å²) in [7, 11) is 0. The summed E-state index contributed by atoms with van der Waals surface area (Å²) in [4.78, 5) is 23.8. The molecule has 0 aliphatic heterocycles. The van der Waals surface area contributed by atoms with Gasteiger partial charge in [-0.2, -0.15) is 0 Å². The maximum Gasteiger partial charge on any atom is 0.258 e. The molecule has 0 aliphatic rings. The van der Waals surface area contributed by atoms with Gasteiger partial charge in [0, 0.05) is 0 Å². The second-order valence-corrected chi connectivity index (χ2v) is 6.53. The fourth-order valence-corrected chi connectivity index (χ4v) is 2.75. The van der Waals surface area contributed by atoms with Crippen LogP contribution in [0, 0.1) is 5.92 Å². The number of nitrogens with two attached hydrogens (primary N) is 1. The van der Waals surface area contributed by atoms with Crippen LogP contribution in [-0.4, -0.2) is 18.4 Å². The molecule has 0 saturated heterocycles. The van der Waals surface area contributed by atoms with Gasteiger partial charge in [0.05, 0.1) is 11.6 Å². The largest absolute Gasteiger partial charge is 0.483 e. The molecule has 0 aromatic heterocycles. The van der Waals surface area contributed by atoms with Gasteiger partial charge in [0.25, 0.3) is 11.8 Å². The summed E-state index contributed by atoms with van der Waals surface area (Å²) in [5.74, 6) is -0.299. The number of hydrogen-bond donors (Lipinski definition) is 2. The van der Waals surface area contributed by atoms with Gasteiger partial charge in [-0.3, -0.25) is 9.59 Å². The number of benzene rings is 2. The third kappa shape index (κ3) is 5.09. The van der Waals surface area contributed by atoms with Crippen LogP contribution in [0.25, 0.3) is 0 Å². The van der Waals surface area contributed by atoms with Gasteiger partial charge in [-0.15, -0.1) is 0 Å². The molecule has 0 unspecified atom stereocenters. The molecule has 2 aromatic carbocycles. The van der Waals surface area contributed by atoms with Crippen LogP contribution in [-0.2, 0) is 11.2 Å². The van der Waals surface area contributed by atoms with Crippen molar-refractivity contribution in [3.63, 3.8) is 0 Å². The number of carbonyl (C=O) groups is 2. The molecular formula is C21H26N2O3. The van der Waals surface area contributed by atoms with E-state index in [1.165, 1.54) is 5.56 Å². The van der Waals surface area contributed by atoms with E-state index < -0.39 is 5.91 Å². The highest BCUT2D eigenvalue weighted by Gasteiger charge is 2.19. The monoisotopic (exact) mass is 354 g/mol. The molecule has 2 aromatic rings. The summed E-state index contributed by atoms with van der Waals surface area (Å²) in [5, 5.41) is 3.01. The number of amides is 2. The van der Waals surface area contributed by atoms with E-state index in [-0.39, 0.29) is 30.0 Å². The van der Waals surface area contributed by atoms with Crippen molar-refractivity contribution in [1.82, 2.24) is 5.32 Å². The van der Waals surface area contributed by atoms with Gasteiger partial charge >= 0.3 is 0 Å². The van der Waals surface area contributed by atoms with Crippen LogP contribution in [0.2, 0.25) is 0 Å². The van der Waals surface area contributed by atoms with Gasteiger partial charge in [-0.25, -0.2) is 0 Å². The first-order chi connectivity index (χ1) is 12.4. The number of para-hydroxylation sites is 1. The molecule has 5 heteroatoms. The first-order valence-corrected chi connectivity index (χ1v) is 8.82. The Hall–Kier alpha value is -2.82. The quantitative estimate of drug-likeness (QED) is 0.763. The molecular weight excluding hydrogens is 328 g/mol. The number of nitrogens with one attached hydrogen (secondary N) is 1. The van der Waals surface area contributed by atoms with Gasteiger partial charge in [0.1, 0.15) is 5.75 Å². The Balaban J connectivity index is 2.03. The molecule has 0 radical (unpaired) electrons. The van der Waals surface area contributed by atoms with Crippen LogP contribution < -0.4 is 15.8 Å². The predicted molar refractivity (Wildman–Crippen MR) is 102 cm³/mol. The van der Waals surface area contributed by atoms with Gasteiger partial charge < -0.3 is 15.8 Å². The average molecular weight is 354 g/mol. The Morgan fingerprint density at radius 2 is 1.73 bits per heavy atom. The summed E-state index contributed by atoms with van der Waals surface area (Å²) in [5.41, 5.74) is 7.90. The molecule has 0 saturated carbocycles. The van der Waals surface area contributed by atoms with Crippen LogP contribution in [0.15, 0.2) is 48.5 Å². The SMILES string of the molecule is CCc1ccc([C@H](NC(=O)COc2ccccc2C(N)=O)C(C)C)cc1. The minimum atomic E-state index is -0.586. The fourth-order valence-electron chi connectivity index (χ4n) is 2.75. The molecule has 5 nitrogen and oxygen atoms in total. The van der Waals surface area contributed by atoms with Crippen molar-refractivity contribution in [2.75, 3.05) is 6.61 Å². The van der Waals surface area contributed by atoms with E-state index in [9.17, 15) is 9.59 Å². The zero-order valence-electron chi connectivity index (χ0n) is 15.5. The first-order valence-electron chi connectivity index (χ1n) is 8.82. The lowest BCUT2D eigenvalue weighted by Gasteiger charge is -2.23. The molecule has 1 atom stereocenters. The smallest absolute Gasteiger partial charge is 0.258 e. The normalized spacial score (nSPS) is 11.8. The summed E-state index contributed by atoms with van der Waals surface area (Å²) < 4.78 is 5.50. The maximum atomic E-state index is 12.4. The summed E-state index contributed by atoms with van der Waals surface area (Å²) in [6.45, 7) is 6.04. The van der Waals surface area contributed by atoms with Crippen LogP contribution >= 0.6 is 0 Å². The van der Waals surface area contributed by atoms with Gasteiger partial charge in [-0.05, 0) is 35.6 Å². The average Bonchev–Trinajstić information content (AvgIpc) is 2.64. The van der Waals surface area contributed by atoms with E-state index in [0.717, 1.165) is 12.0 Å². The van der Waals surface area contributed by atoms with E-state index >= 15 is 0 Å². The van der Waals surface area contributed by atoms with Crippen molar-refractivity contribution < 1.29 is 14.3 Å². The highest BCUT2D eigenvalue weighted by Crippen LogP contribution is 2.22. The predicted octanol–water partition coefficient (Wildman–Crippen LogP) is 3.24. The minimum Gasteiger partial charge on any atom is -0.483 e. The third-order valence-corrected chi connectivity index (χ3v) is 4.24. The van der Waals surface area contributed by atoms with Crippen molar-refractivity contribution in [3.05, 3.63) is 65.2 Å². The summed E-state index contributed by atoms with van der Waals surface area (Å²) in [6.07, 6.45) is 0.978. The van der Waals surface area contributed by atoms with E-state index in [1.54, 1.807) is 24.3 Å². The highest BCUT2D eigenvalue weighted by molar-refractivity contribution is 5.95. The molecule has 0 fully saturated rings. The lowest BCUT2D eigenvalue weighted by atomic mass is 9.95. The number of rotatable bonds is 8. The molecule has 0 bridgehead atoms. The van der Waals surface area contributed by atoms with Crippen molar-refractivity contribution in [2.24, 2.45) is 11.7 Å². The Morgan fingerprint density at radius 1 is 1.08 bits per heavy atom. The molecule has 2 rings (SSSR count). The van der Waals surface area contributed by atoms with Crippen LogP contribution in [0.1, 0.15) is 48.3 Å². The minimum absolute atomic E-state index is 0.108. The first kappa shape index (κ1) is 19.5. The molecule has 0 heterocycles. The third-order valence-electron chi connectivity index (χ3n) is 4.24. The van der Waals surface area contributed by atoms with Gasteiger partial charge in [0.2, 0.25) is 0 Å². The van der Waals surface area contributed by atoms with Gasteiger partial charge in [0.15, 0.2) is 6.61 Å². The zero-order valence-corrected chi connectivity index (χ0v) is 15.5. The van der Waals surface area contributed by atoms with Crippen LogP contribution in [0.4, 0.5) is 0 Å². The van der Waals surface area contributed by atoms with E-state index in [2.05, 4.69) is 38.2 Å². The molecule has 2 amide bonds. The number of hydrogen-bond acceptors (Lipinski definition) is 3. The molecule has 0 aliphatic carbocycles. The maximum absolute atomic E-state index is 12.4. The van der Waals surface area contributed by atoms with E-state index in [0.29, 0.717) is 5.75 Å². The molecule has 0 spiro atoms. The Kier molecular flexibility index (Phi) is 6.78. The lowest BCUT2D eigenvalue weighted by molar-refractivity contribution is -0.124. The number of carbonyl (C=O) groups excluding carboxylic acids is 2. The van der Waals surface area contributed by atoms with Crippen molar-refractivity contribution in [2.45, 2.75) is 33.2 Å². The summed E-state index contributed by atoms with van der Waals surface area (Å²) >= 11 is 0. The second kappa shape index (κ2) is 9.04. The topological polar surface area (TPSA) is 81.4 Å². The van der Waals surface area contributed by atoms with Gasteiger partial charge in [-0.1, -0.05) is 57.2 Å². The molecule has 26 heavy (non-hydrogen) atoms. The lowest BCUT2D eigenvalue weighted by Crippen LogP contribution is -2.35. The molecule has 138 valence electrons. The Labute approximate surface area is 154 Å². The van der Waals surface area contributed by atoms with Crippen molar-refractivity contribution in [3.8, 4) is 5.75 Å². The Morgan fingerprint density at radius 3 is 2.31 bits per heavy atom. The number of primary amides is 1. The zero-order chi connectivity index (χ0) is 19.1. The van der Waals surface area contributed by atoms with Crippen LogP contribution in [0.3, 0.4) is 0 Å². The standard InChI is InChI=1S/C21H26N2O3/c1-4-15-9-11-16(12-10-15)20(14(2)3)23-19(24)13-26-18-8-6-5-7-17(18)21(22)25/h5-12,14,20H,4,13H2,1-3H3,(H2,22,25)(H,23,24)/t20-/m1/s1. The van der Waals surface area contributed by atoms with E-state index in [4.69, 9.17) is 10.5 Å². The Bertz CT molecular complexity index is 754. The van der Waals surface area contributed by atoms with Crippen LogP contribution in [0.5, 0.6) is 5.75 Å². The molecule has 3 N–H and O–H groups in total. The second-order valence-electron chi connectivity index (χ2n) is 6.53. The highest BCUT2D eigenvalue weighted by atomic mass is 16.5. The number of aryl methyl sites for hydroxylation is 1. The fraction of sp³-hybridized carbons (Fsp3) is 0.333. The summed E-state index contributed by atoms with van der Waals surface area (Å²) in [6, 6.07) is 14.8.